The summed E-state index contributed by atoms with van der Waals surface area (Å²) < 4.78 is 0. The molecule has 1 saturated heterocycles. The van der Waals surface area contributed by atoms with Gasteiger partial charge in [-0.3, -0.25) is 19.7 Å². The van der Waals surface area contributed by atoms with Crippen LogP contribution in [0.25, 0.3) is 0 Å². The Kier molecular flexibility index (Phi) is 7.87. The lowest BCUT2D eigenvalue weighted by Gasteiger charge is -2.31. The first kappa shape index (κ1) is 20.2. The molecule has 144 valence electrons. The maximum absolute atomic E-state index is 13.1. The van der Waals surface area contributed by atoms with Crippen molar-refractivity contribution in [3.05, 3.63) is 35.9 Å². The molecule has 1 atom stereocenters. The SMILES string of the molecule is CCCCN(C(=O)[C@H](N)Cc1ccccc1)C(=NN1CCCC1)N(C)N. The number of hydrogen-bond acceptors (Lipinski definition) is 5. The fourth-order valence-corrected chi connectivity index (χ4v) is 3.02. The Morgan fingerprint density at radius 2 is 1.92 bits per heavy atom. The Hall–Kier alpha value is -2.12. The zero-order valence-corrected chi connectivity index (χ0v) is 16.0. The number of carbonyl (C=O) groups is 1. The molecular formula is C19H32N6O. The molecule has 0 saturated carbocycles. The van der Waals surface area contributed by atoms with E-state index in [-0.39, 0.29) is 5.91 Å². The van der Waals surface area contributed by atoms with Crippen LogP contribution in [0.5, 0.6) is 0 Å². The topological polar surface area (TPSA) is 91.2 Å². The Labute approximate surface area is 156 Å². The zero-order valence-electron chi connectivity index (χ0n) is 16.0. The lowest BCUT2D eigenvalue weighted by atomic mass is 10.1. The Morgan fingerprint density at radius 3 is 2.50 bits per heavy atom. The van der Waals surface area contributed by atoms with Crippen molar-refractivity contribution in [2.75, 3.05) is 26.7 Å². The highest BCUT2D eigenvalue weighted by Gasteiger charge is 2.27. The second-order valence-corrected chi connectivity index (χ2v) is 6.81. The van der Waals surface area contributed by atoms with Gasteiger partial charge in [0.1, 0.15) is 0 Å². The molecule has 4 N–H and O–H groups in total. The van der Waals surface area contributed by atoms with E-state index in [9.17, 15) is 4.79 Å². The fraction of sp³-hybridized carbons (Fsp3) is 0.579. The predicted octanol–water partition coefficient (Wildman–Crippen LogP) is 1.36. The highest BCUT2D eigenvalue weighted by atomic mass is 16.2. The monoisotopic (exact) mass is 360 g/mol. The van der Waals surface area contributed by atoms with Gasteiger partial charge in [0.05, 0.1) is 6.04 Å². The van der Waals surface area contributed by atoms with Gasteiger partial charge in [0.2, 0.25) is 11.9 Å². The van der Waals surface area contributed by atoms with Crippen LogP contribution in [-0.2, 0) is 11.2 Å². The molecule has 0 aliphatic carbocycles. The summed E-state index contributed by atoms with van der Waals surface area (Å²) in [5.74, 6) is 6.34. The van der Waals surface area contributed by atoms with E-state index < -0.39 is 6.04 Å². The van der Waals surface area contributed by atoms with Crippen LogP contribution in [0.15, 0.2) is 35.4 Å². The van der Waals surface area contributed by atoms with E-state index in [1.54, 1.807) is 11.9 Å². The van der Waals surface area contributed by atoms with Crippen molar-refractivity contribution in [1.82, 2.24) is 14.9 Å². The summed E-state index contributed by atoms with van der Waals surface area (Å²) in [6.07, 6.45) is 4.57. The van der Waals surface area contributed by atoms with Crippen LogP contribution < -0.4 is 11.6 Å². The third kappa shape index (κ3) is 5.71. The number of guanidine groups is 1. The molecule has 1 aliphatic heterocycles. The Morgan fingerprint density at radius 1 is 1.27 bits per heavy atom. The summed E-state index contributed by atoms with van der Waals surface area (Å²) in [5, 5.41) is 8.04. The molecule has 0 aromatic heterocycles. The summed E-state index contributed by atoms with van der Waals surface area (Å²) >= 11 is 0. The van der Waals surface area contributed by atoms with Crippen molar-refractivity contribution in [3.8, 4) is 0 Å². The van der Waals surface area contributed by atoms with Crippen LogP contribution in [0.4, 0.5) is 0 Å². The van der Waals surface area contributed by atoms with Gasteiger partial charge < -0.3 is 5.73 Å². The molecular weight excluding hydrogens is 328 g/mol. The minimum Gasteiger partial charge on any atom is -0.320 e. The van der Waals surface area contributed by atoms with Crippen molar-refractivity contribution in [3.63, 3.8) is 0 Å². The molecule has 2 rings (SSSR count). The smallest absolute Gasteiger partial charge is 0.246 e. The van der Waals surface area contributed by atoms with Crippen LogP contribution in [0.1, 0.15) is 38.2 Å². The summed E-state index contributed by atoms with van der Waals surface area (Å²) in [6.45, 7) is 4.44. The van der Waals surface area contributed by atoms with Gasteiger partial charge in [-0.2, -0.15) is 0 Å². The summed E-state index contributed by atoms with van der Waals surface area (Å²) in [4.78, 5) is 14.7. The molecule has 26 heavy (non-hydrogen) atoms. The maximum Gasteiger partial charge on any atom is 0.246 e. The van der Waals surface area contributed by atoms with Crippen molar-refractivity contribution >= 4 is 11.9 Å². The number of benzene rings is 1. The largest absolute Gasteiger partial charge is 0.320 e. The van der Waals surface area contributed by atoms with Gasteiger partial charge in [0.15, 0.2) is 0 Å². The van der Waals surface area contributed by atoms with Crippen LogP contribution in [0, 0.1) is 0 Å². The zero-order chi connectivity index (χ0) is 18.9. The van der Waals surface area contributed by atoms with Crippen LogP contribution in [0.2, 0.25) is 0 Å². The first-order valence-electron chi connectivity index (χ1n) is 9.45. The summed E-state index contributed by atoms with van der Waals surface area (Å²) in [7, 11) is 1.71. The lowest BCUT2D eigenvalue weighted by molar-refractivity contribution is -0.129. The molecule has 1 aliphatic rings. The second kappa shape index (κ2) is 10.1. The highest BCUT2D eigenvalue weighted by Crippen LogP contribution is 2.11. The maximum atomic E-state index is 13.1. The van der Waals surface area contributed by atoms with Gasteiger partial charge >= 0.3 is 0 Å². The molecule has 0 spiro atoms. The number of unbranched alkanes of at least 4 members (excludes halogenated alkanes) is 1. The van der Waals surface area contributed by atoms with Crippen LogP contribution >= 0.6 is 0 Å². The molecule has 0 bridgehead atoms. The molecule has 1 heterocycles. The predicted molar refractivity (Wildman–Crippen MR) is 105 cm³/mol. The van der Waals surface area contributed by atoms with E-state index in [4.69, 9.17) is 11.6 Å². The molecule has 7 nitrogen and oxygen atoms in total. The van der Waals surface area contributed by atoms with Crippen LogP contribution in [-0.4, -0.2) is 59.5 Å². The van der Waals surface area contributed by atoms with Crippen molar-refractivity contribution in [1.29, 1.82) is 0 Å². The van der Waals surface area contributed by atoms with Crippen molar-refractivity contribution in [2.45, 2.75) is 45.1 Å². The molecule has 1 aromatic rings. The highest BCUT2D eigenvalue weighted by molar-refractivity contribution is 5.99. The van der Waals surface area contributed by atoms with Gasteiger partial charge in [-0.25, -0.2) is 5.84 Å². The third-order valence-corrected chi connectivity index (χ3v) is 4.49. The quantitative estimate of drug-likeness (QED) is 0.332. The molecule has 7 heteroatoms. The van der Waals surface area contributed by atoms with E-state index in [1.807, 2.05) is 35.3 Å². The second-order valence-electron chi connectivity index (χ2n) is 6.81. The number of carbonyl (C=O) groups excluding carboxylic acids is 1. The molecule has 1 amide bonds. The number of nitrogens with zero attached hydrogens (tertiary/aromatic N) is 4. The number of amides is 1. The Bertz CT molecular complexity index is 583. The average molecular weight is 361 g/mol. The number of hydrogen-bond donors (Lipinski definition) is 2. The lowest BCUT2D eigenvalue weighted by Crippen LogP contribution is -2.54. The number of rotatable bonds is 7. The number of hydrazine groups is 1. The standard InChI is InChI=1S/C19H32N6O/c1-3-4-14-25(19(23(2)21)22-24-12-8-9-13-24)18(26)17(20)15-16-10-6-5-7-11-16/h5-7,10-11,17H,3-4,8-9,12-15,20-21H2,1-2H3/t17-/m1/s1. The molecule has 0 radical (unpaired) electrons. The summed E-state index contributed by atoms with van der Waals surface area (Å²) in [6, 6.07) is 9.20. The van der Waals surface area contributed by atoms with Crippen LogP contribution in [0.3, 0.4) is 0 Å². The third-order valence-electron chi connectivity index (χ3n) is 4.49. The van der Waals surface area contributed by atoms with Gasteiger partial charge in [-0.05, 0) is 31.2 Å². The number of nitrogens with two attached hydrogens (primary N) is 2. The average Bonchev–Trinajstić information content (AvgIpc) is 3.14. The summed E-state index contributed by atoms with van der Waals surface area (Å²) in [5.41, 5.74) is 7.29. The van der Waals surface area contributed by atoms with E-state index in [2.05, 4.69) is 12.0 Å². The number of hydrazone groups is 1. The fourth-order valence-electron chi connectivity index (χ4n) is 3.02. The van der Waals surface area contributed by atoms with E-state index in [1.165, 1.54) is 5.01 Å². The first-order chi connectivity index (χ1) is 12.5. The minimum absolute atomic E-state index is 0.141. The van der Waals surface area contributed by atoms with Gasteiger partial charge in [-0.15, -0.1) is 5.10 Å². The van der Waals surface area contributed by atoms with Gasteiger partial charge in [-0.1, -0.05) is 43.7 Å². The first-order valence-corrected chi connectivity index (χ1v) is 9.45. The van der Waals surface area contributed by atoms with E-state index in [0.717, 1.165) is 44.3 Å². The normalized spacial score (nSPS) is 15.8. The van der Waals surface area contributed by atoms with Crippen molar-refractivity contribution < 1.29 is 4.79 Å². The molecule has 0 unspecified atom stereocenters. The van der Waals surface area contributed by atoms with Gasteiger partial charge in [0.25, 0.3) is 0 Å². The van der Waals surface area contributed by atoms with E-state index >= 15 is 0 Å². The van der Waals surface area contributed by atoms with E-state index in [0.29, 0.717) is 18.9 Å². The van der Waals surface area contributed by atoms with Gasteiger partial charge in [0, 0.05) is 26.7 Å². The minimum atomic E-state index is -0.627. The van der Waals surface area contributed by atoms with Crippen molar-refractivity contribution in [2.24, 2.45) is 16.7 Å². The Balaban J connectivity index is 2.18. The molecule has 1 fully saturated rings. The molecule has 1 aromatic carbocycles.